The predicted octanol–water partition coefficient (Wildman–Crippen LogP) is 4.74. The summed E-state index contributed by atoms with van der Waals surface area (Å²) in [4.78, 5) is 2.49. The van der Waals surface area contributed by atoms with Crippen molar-refractivity contribution in [2.45, 2.75) is 32.7 Å². The number of rotatable bonds is 4. The van der Waals surface area contributed by atoms with Crippen LogP contribution in [0.3, 0.4) is 0 Å². The summed E-state index contributed by atoms with van der Waals surface area (Å²) in [6, 6.07) is 14.7. The molecule has 2 atom stereocenters. The van der Waals surface area contributed by atoms with Crippen molar-refractivity contribution in [3.05, 3.63) is 48.0 Å². The van der Waals surface area contributed by atoms with E-state index in [4.69, 9.17) is 21.7 Å². The standard InChI is InChI=1S/C23H29N3O2S/c1-16-4-3-11-26(15-16)20-8-5-18(6-9-20)17(2)24-23(29)25-19-7-10-21-22(14-19)28-13-12-27-21/h5-10,14,16-17H,3-4,11-13,15H2,1-2H3,(H2,24,25,29)/t16-,17+/m0/s1. The van der Waals surface area contributed by atoms with E-state index in [9.17, 15) is 0 Å². The molecule has 2 N–H and O–H groups in total. The summed E-state index contributed by atoms with van der Waals surface area (Å²) in [6.45, 7) is 7.92. The van der Waals surface area contributed by atoms with E-state index < -0.39 is 0 Å². The molecule has 0 bridgehead atoms. The van der Waals surface area contributed by atoms with Crippen LogP contribution in [0.15, 0.2) is 42.5 Å². The first kappa shape index (κ1) is 19.8. The number of ether oxygens (including phenoxy) is 2. The molecular formula is C23H29N3O2S. The number of benzene rings is 2. The highest BCUT2D eigenvalue weighted by atomic mass is 32.1. The topological polar surface area (TPSA) is 45.8 Å². The summed E-state index contributed by atoms with van der Waals surface area (Å²) in [5.41, 5.74) is 3.41. The van der Waals surface area contributed by atoms with E-state index in [1.807, 2.05) is 18.2 Å². The summed E-state index contributed by atoms with van der Waals surface area (Å²) in [5.74, 6) is 2.30. The molecule has 0 saturated carbocycles. The smallest absolute Gasteiger partial charge is 0.171 e. The van der Waals surface area contributed by atoms with Crippen LogP contribution >= 0.6 is 12.2 Å². The van der Waals surface area contributed by atoms with Gasteiger partial charge in [-0.05, 0) is 67.7 Å². The molecular weight excluding hydrogens is 382 g/mol. The predicted molar refractivity (Wildman–Crippen MR) is 122 cm³/mol. The van der Waals surface area contributed by atoms with Gasteiger partial charge in [0.2, 0.25) is 0 Å². The molecule has 2 aliphatic rings. The summed E-state index contributed by atoms with van der Waals surface area (Å²) >= 11 is 5.51. The second-order valence-electron chi connectivity index (χ2n) is 7.96. The zero-order chi connectivity index (χ0) is 20.2. The molecule has 1 fully saturated rings. The maximum Gasteiger partial charge on any atom is 0.171 e. The molecule has 0 aromatic heterocycles. The Morgan fingerprint density at radius 2 is 1.86 bits per heavy atom. The highest BCUT2D eigenvalue weighted by Gasteiger charge is 2.17. The Bertz CT molecular complexity index is 856. The van der Waals surface area contributed by atoms with Crippen LogP contribution in [0.4, 0.5) is 11.4 Å². The van der Waals surface area contributed by atoms with Gasteiger partial charge in [0.15, 0.2) is 16.6 Å². The van der Waals surface area contributed by atoms with Crippen molar-refractivity contribution in [3.8, 4) is 11.5 Å². The molecule has 0 spiro atoms. The lowest BCUT2D eigenvalue weighted by Crippen LogP contribution is -2.34. The van der Waals surface area contributed by atoms with Crippen molar-refractivity contribution in [2.24, 2.45) is 5.92 Å². The monoisotopic (exact) mass is 411 g/mol. The second-order valence-corrected chi connectivity index (χ2v) is 8.37. The molecule has 2 aromatic carbocycles. The number of piperidine rings is 1. The van der Waals surface area contributed by atoms with Crippen LogP contribution in [0, 0.1) is 5.92 Å². The number of nitrogens with one attached hydrogen (secondary N) is 2. The van der Waals surface area contributed by atoms with Gasteiger partial charge < -0.3 is 25.0 Å². The Morgan fingerprint density at radius 3 is 2.62 bits per heavy atom. The van der Waals surface area contributed by atoms with Crippen molar-refractivity contribution in [1.82, 2.24) is 5.32 Å². The molecule has 0 unspecified atom stereocenters. The lowest BCUT2D eigenvalue weighted by Gasteiger charge is -2.33. The van der Waals surface area contributed by atoms with Gasteiger partial charge in [-0.2, -0.15) is 0 Å². The number of hydrogen-bond acceptors (Lipinski definition) is 4. The Morgan fingerprint density at radius 1 is 1.10 bits per heavy atom. The van der Waals surface area contributed by atoms with Gasteiger partial charge in [0.25, 0.3) is 0 Å². The zero-order valence-electron chi connectivity index (χ0n) is 17.1. The molecule has 2 aromatic rings. The summed E-state index contributed by atoms with van der Waals surface area (Å²) in [5, 5.41) is 7.19. The van der Waals surface area contributed by atoms with Crippen LogP contribution in [-0.2, 0) is 0 Å². The quantitative estimate of drug-likeness (QED) is 0.709. The minimum absolute atomic E-state index is 0.113. The van der Waals surface area contributed by atoms with Crippen molar-refractivity contribution < 1.29 is 9.47 Å². The minimum atomic E-state index is 0.113. The molecule has 1 saturated heterocycles. The lowest BCUT2D eigenvalue weighted by molar-refractivity contribution is 0.171. The van der Waals surface area contributed by atoms with Gasteiger partial charge in [-0.1, -0.05) is 19.1 Å². The molecule has 0 amide bonds. The average Bonchev–Trinajstić information content (AvgIpc) is 2.73. The number of fused-ring (bicyclic) bond motifs is 1. The van der Waals surface area contributed by atoms with Crippen LogP contribution in [-0.4, -0.2) is 31.4 Å². The largest absolute Gasteiger partial charge is 0.486 e. The SMILES string of the molecule is C[C@H]1CCCN(c2ccc([C@@H](C)NC(=S)Nc3ccc4c(c3)OCCO4)cc2)C1. The van der Waals surface area contributed by atoms with E-state index in [0.717, 1.165) is 36.2 Å². The fourth-order valence-corrected chi connectivity index (χ4v) is 4.26. The van der Waals surface area contributed by atoms with Gasteiger partial charge in [-0.15, -0.1) is 0 Å². The van der Waals surface area contributed by atoms with Crippen molar-refractivity contribution in [3.63, 3.8) is 0 Å². The number of hydrogen-bond donors (Lipinski definition) is 2. The van der Waals surface area contributed by atoms with Gasteiger partial charge in [0.1, 0.15) is 13.2 Å². The molecule has 0 aliphatic carbocycles. The zero-order valence-corrected chi connectivity index (χ0v) is 17.9. The lowest BCUT2D eigenvalue weighted by atomic mass is 9.99. The maximum atomic E-state index is 5.63. The van der Waals surface area contributed by atoms with Gasteiger partial charge in [0, 0.05) is 30.5 Å². The van der Waals surface area contributed by atoms with Crippen LogP contribution in [0.5, 0.6) is 11.5 Å². The number of nitrogens with zero attached hydrogens (tertiary/aromatic N) is 1. The third kappa shape index (κ3) is 4.93. The van der Waals surface area contributed by atoms with Gasteiger partial charge in [0.05, 0.1) is 6.04 Å². The Kier molecular flexibility index (Phi) is 6.09. The summed E-state index contributed by atoms with van der Waals surface area (Å²) in [6.07, 6.45) is 2.62. The van der Waals surface area contributed by atoms with Crippen molar-refractivity contribution >= 4 is 28.7 Å². The Hall–Kier alpha value is -2.47. The van der Waals surface area contributed by atoms with E-state index >= 15 is 0 Å². The molecule has 29 heavy (non-hydrogen) atoms. The third-order valence-electron chi connectivity index (χ3n) is 5.56. The summed E-state index contributed by atoms with van der Waals surface area (Å²) < 4.78 is 11.2. The number of thiocarbonyl (C=S) groups is 1. The molecule has 6 heteroatoms. The molecule has 0 radical (unpaired) electrons. The maximum absolute atomic E-state index is 5.63. The van der Waals surface area contributed by atoms with E-state index in [1.54, 1.807) is 0 Å². The average molecular weight is 412 g/mol. The van der Waals surface area contributed by atoms with Crippen LogP contribution in [0.25, 0.3) is 0 Å². The minimum Gasteiger partial charge on any atom is -0.486 e. The molecule has 2 aliphatic heterocycles. The molecule has 4 rings (SSSR count). The van der Waals surface area contributed by atoms with Gasteiger partial charge >= 0.3 is 0 Å². The molecule has 2 heterocycles. The van der Waals surface area contributed by atoms with Crippen LogP contribution in [0.1, 0.15) is 38.3 Å². The van der Waals surface area contributed by atoms with Gasteiger partial charge in [-0.3, -0.25) is 0 Å². The Balaban J connectivity index is 1.33. The number of anilines is 2. The fraction of sp³-hybridized carbons (Fsp3) is 0.435. The second kappa shape index (κ2) is 8.91. The van der Waals surface area contributed by atoms with Crippen molar-refractivity contribution in [2.75, 3.05) is 36.5 Å². The van der Waals surface area contributed by atoms with Crippen LogP contribution < -0.4 is 25.0 Å². The molecule has 154 valence electrons. The highest BCUT2D eigenvalue weighted by Crippen LogP contribution is 2.32. The van der Waals surface area contributed by atoms with Gasteiger partial charge in [-0.25, -0.2) is 0 Å². The van der Waals surface area contributed by atoms with Crippen molar-refractivity contribution in [1.29, 1.82) is 0 Å². The van der Waals surface area contributed by atoms with E-state index in [-0.39, 0.29) is 6.04 Å². The van der Waals surface area contributed by atoms with E-state index in [2.05, 4.69) is 53.6 Å². The normalized spacial score (nSPS) is 19.4. The first-order valence-electron chi connectivity index (χ1n) is 10.4. The fourth-order valence-electron chi connectivity index (χ4n) is 3.97. The Labute approximate surface area is 178 Å². The first-order chi connectivity index (χ1) is 14.1. The third-order valence-corrected chi connectivity index (χ3v) is 5.78. The van der Waals surface area contributed by atoms with E-state index in [1.165, 1.54) is 24.1 Å². The van der Waals surface area contributed by atoms with E-state index in [0.29, 0.717) is 18.3 Å². The van der Waals surface area contributed by atoms with Crippen LogP contribution in [0.2, 0.25) is 0 Å². The first-order valence-corrected chi connectivity index (χ1v) is 10.8. The molecule has 5 nitrogen and oxygen atoms in total. The highest BCUT2D eigenvalue weighted by molar-refractivity contribution is 7.80. The summed E-state index contributed by atoms with van der Waals surface area (Å²) in [7, 11) is 0.